The second-order valence-electron chi connectivity index (χ2n) is 14.7. The molecule has 0 bridgehead atoms. The number of carbonyl (C=O) groups excluding carboxylic acids is 3. The SMILES string of the molecule is O=C(CCNC(=O)[C@@H](Cc1cnc[nH]1)NC(=O)CC(c1ccccc1)(c1ccccc1)c1ccccc1)NCC1CCCN(CC2CCCCC2)C1. The van der Waals surface area contributed by atoms with Crippen molar-refractivity contribution in [1.82, 2.24) is 30.8 Å². The second kappa shape index (κ2) is 18.6. The monoisotopic (exact) mass is 702 g/mol. The van der Waals surface area contributed by atoms with Gasteiger partial charge in [-0.25, -0.2) is 4.98 Å². The normalized spacial score (nSPS) is 17.6. The van der Waals surface area contributed by atoms with Crippen molar-refractivity contribution in [1.29, 1.82) is 0 Å². The Kier molecular flexibility index (Phi) is 13.3. The first-order chi connectivity index (χ1) is 25.5. The van der Waals surface area contributed by atoms with Crippen molar-refractivity contribution in [2.45, 2.75) is 75.7 Å². The van der Waals surface area contributed by atoms with E-state index in [9.17, 15) is 14.4 Å². The van der Waals surface area contributed by atoms with Gasteiger partial charge in [0.15, 0.2) is 0 Å². The molecule has 4 N–H and O–H groups in total. The molecule has 2 aliphatic rings. The summed E-state index contributed by atoms with van der Waals surface area (Å²) in [4.78, 5) is 50.5. The molecular weight excluding hydrogens is 649 g/mol. The number of nitrogens with one attached hydrogen (secondary N) is 4. The van der Waals surface area contributed by atoms with Gasteiger partial charge in [0.1, 0.15) is 6.04 Å². The van der Waals surface area contributed by atoms with Crippen molar-refractivity contribution >= 4 is 17.7 Å². The van der Waals surface area contributed by atoms with E-state index < -0.39 is 11.5 Å². The van der Waals surface area contributed by atoms with Gasteiger partial charge in [-0.2, -0.15) is 0 Å². The Labute approximate surface area is 308 Å². The third kappa shape index (κ3) is 9.97. The number of aromatic nitrogens is 2. The zero-order valence-electron chi connectivity index (χ0n) is 30.3. The van der Waals surface area contributed by atoms with E-state index >= 15 is 0 Å². The summed E-state index contributed by atoms with van der Waals surface area (Å²) in [5.74, 6) is 0.605. The predicted molar refractivity (Wildman–Crippen MR) is 204 cm³/mol. The Balaban J connectivity index is 1.07. The molecule has 0 spiro atoms. The molecule has 1 saturated carbocycles. The maximum atomic E-state index is 14.2. The first-order valence-electron chi connectivity index (χ1n) is 19.2. The van der Waals surface area contributed by atoms with Gasteiger partial charge in [0.2, 0.25) is 17.7 Å². The van der Waals surface area contributed by atoms with Crippen molar-refractivity contribution in [3.05, 3.63) is 126 Å². The summed E-state index contributed by atoms with van der Waals surface area (Å²) in [5.41, 5.74) is 2.87. The van der Waals surface area contributed by atoms with E-state index in [1.165, 1.54) is 45.1 Å². The van der Waals surface area contributed by atoms with Crippen LogP contribution >= 0.6 is 0 Å². The summed E-state index contributed by atoms with van der Waals surface area (Å²) < 4.78 is 0. The highest BCUT2D eigenvalue weighted by Gasteiger charge is 2.39. The molecular formula is C43H54N6O3. The molecule has 274 valence electrons. The minimum absolute atomic E-state index is 0.0720. The number of amides is 3. The van der Waals surface area contributed by atoms with Crippen LogP contribution in [0.4, 0.5) is 0 Å². The van der Waals surface area contributed by atoms with Gasteiger partial charge in [-0.1, -0.05) is 110 Å². The molecule has 3 amide bonds. The fourth-order valence-electron chi connectivity index (χ4n) is 8.27. The van der Waals surface area contributed by atoms with Gasteiger partial charge >= 0.3 is 0 Å². The molecule has 1 aliphatic carbocycles. The van der Waals surface area contributed by atoms with Crippen LogP contribution in [0.1, 0.15) is 80.2 Å². The van der Waals surface area contributed by atoms with Crippen molar-refractivity contribution in [2.24, 2.45) is 11.8 Å². The number of carbonyl (C=O) groups is 3. The molecule has 6 rings (SSSR count). The maximum absolute atomic E-state index is 14.2. The molecule has 1 aromatic heterocycles. The lowest BCUT2D eigenvalue weighted by atomic mass is 9.67. The summed E-state index contributed by atoms with van der Waals surface area (Å²) in [6.45, 7) is 4.25. The van der Waals surface area contributed by atoms with Gasteiger partial charge in [0, 0.05) is 57.3 Å². The van der Waals surface area contributed by atoms with E-state index in [-0.39, 0.29) is 43.5 Å². The first kappa shape index (κ1) is 37.0. The molecule has 9 nitrogen and oxygen atoms in total. The Morgan fingerprint density at radius 2 is 1.38 bits per heavy atom. The van der Waals surface area contributed by atoms with Crippen molar-refractivity contribution in [3.8, 4) is 0 Å². The molecule has 1 unspecified atom stereocenters. The number of piperidine rings is 1. The van der Waals surface area contributed by atoms with Gasteiger partial charge in [-0.3, -0.25) is 14.4 Å². The molecule has 2 atom stereocenters. The summed E-state index contributed by atoms with van der Waals surface area (Å²) in [7, 11) is 0. The van der Waals surface area contributed by atoms with Crippen LogP contribution in [-0.4, -0.2) is 71.4 Å². The van der Waals surface area contributed by atoms with Crippen LogP contribution in [0.2, 0.25) is 0 Å². The Bertz CT molecular complexity index is 1580. The Morgan fingerprint density at radius 3 is 1.98 bits per heavy atom. The van der Waals surface area contributed by atoms with Crippen molar-refractivity contribution < 1.29 is 14.4 Å². The number of likely N-dealkylation sites (tertiary alicyclic amines) is 1. The van der Waals surface area contributed by atoms with E-state index in [4.69, 9.17) is 0 Å². The molecule has 3 aromatic carbocycles. The molecule has 1 aliphatic heterocycles. The average Bonchev–Trinajstić information content (AvgIpc) is 3.71. The zero-order chi connectivity index (χ0) is 36.0. The number of hydrogen-bond donors (Lipinski definition) is 4. The van der Waals surface area contributed by atoms with E-state index in [2.05, 4.69) is 67.2 Å². The largest absolute Gasteiger partial charge is 0.356 e. The summed E-state index contributed by atoms with van der Waals surface area (Å²) in [5, 5.41) is 9.10. The maximum Gasteiger partial charge on any atom is 0.242 e. The van der Waals surface area contributed by atoms with Crippen LogP contribution in [0.5, 0.6) is 0 Å². The number of nitrogens with zero attached hydrogens (tertiary/aromatic N) is 2. The molecule has 9 heteroatoms. The average molecular weight is 703 g/mol. The van der Waals surface area contributed by atoms with Gasteiger partial charge < -0.3 is 25.8 Å². The summed E-state index contributed by atoms with van der Waals surface area (Å²) in [6.07, 6.45) is 12.8. The number of hydrogen-bond acceptors (Lipinski definition) is 5. The topological polar surface area (TPSA) is 119 Å². The second-order valence-corrected chi connectivity index (χ2v) is 14.7. The van der Waals surface area contributed by atoms with Crippen LogP contribution in [-0.2, 0) is 26.2 Å². The molecule has 2 heterocycles. The van der Waals surface area contributed by atoms with E-state index in [0.29, 0.717) is 12.5 Å². The fourth-order valence-corrected chi connectivity index (χ4v) is 8.27. The third-order valence-corrected chi connectivity index (χ3v) is 10.9. The highest BCUT2D eigenvalue weighted by molar-refractivity contribution is 5.89. The van der Waals surface area contributed by atoms with Crippen molar-refractivity contribution in [3.63, 3.8) is 0 Å². The molecule has 52 heavy (non-hydrogen) atoms. The molecule has 1 saturated heterocycles. The van der Waals surface area contributed by atoms with Crippen LogP contribution in [0, 0.1) is 11.8 Å². The Hall–Kier alpha value is -4.76. The van der Waals surface area contributed by atoms with Gasteiger partial charge in [0.05, 0.1) is 11.7 Å². The summed E-state index contributed by atoms with van der Waals surface area (Å²) in [6, 6.07) is 29.3. The third-order valence-electron chi connectivity index (χ3n) is 10.9. The van der Waals surface area contributed by atoms with Crippen LogP contribution < -0.4 is 16.0 Å². The lowest BCUT2D eigenvalue weighted by Crippen LogP contribution is -2.50. The minimum Gasteiger partial charge on any atom is -0.356 e. The van der Waals surface area contributed by atoms with E-state index in [1.54, 1.807) is 12.5 Å². The zero-order valence-corrected chi connectivity index (χ0v) is 30.3. The molecule has 2 fully saturated rings. The molecule has 4 aromatic rings. The standard InChI is InChI=1S/C43H54N6O3/c50-40(46-28-34-16-13-25-49(31-34)30-33-14-5-1-6-15-33)23-24-45-42(52)39(26-38-29-44-32-47-38)48-41(51)27-43(35-17-7-2-8-18-35,36-19-9-3-10-20-36)37-21-11-4-12-22-37/h2-4,7-12,17-22,29,32-34,39H,1,5-6,13-16,23-28,30-31H2,(H,44,47)(H,45,52)(H,46,50)(H,48,51)/t34?,39-/m1/s1. The highest BCUT2D eigenvalue weighted by atomic mass is 16.2. The Morgan fingerprint density at radius 1 is 0.769 bits per heavy atom. The highest BCUT2D eigenvalue weighted by Crippen LogP contribution is 2.42. The lowest BCUT2D eigenvalue weighted by Gasteiger charge is -2.36. The van der Waals surface area contributed by atoms with E-state index in [0.717, 1.165) is 47.8 Å². The van der Waals surface area contributed by atoms with E-state index in [1.807, 2.05) is 54.6 Å². The summed E-state index contributed by atoms with van der Waals surface area (Å²) >= 11 is 0. The van der Waals surface area contributed by atoms with Crippen LogP contribution in [0.3, 0.4) is 0 Å². The van der Waals surface area contributed by atoms with Crippen LogP contribution in [0.15, 0.2) is 104 Å². The minimum atomic E-state index is -0.867. The lowest BCUT2D eigenvalue weighted by molar-refractivity contribution is -0.129. The first-order valence-corrected chi connectivity index (χ1v) is 19.2. The van der Waals surface area contributed by atoms with Crippen LogP contribution in [0.25, 0.3) is 0 Å². The number of imidazole rings is 1. The number of benzene rings is 3. The fraction of sp³-hybridized carbons (Fsp3) is 0.442. The van der Waals surface area contributed by atoms with Gasteiger partial charge in [0.25, 0.3) is 0 Å². The number of rotatable bonds is 16. The molecule has 0 radical (unpaired) electrons. The predicted octanol–water partition coefficient (Wildman–Crippen LogP) is 5.78. The number of aromatic amines is 1. The number of H-pyrrole nitrogens is 1. The van der Waals surface area contributed by atoms with Gasteiger partial charge in [-0.05, 0) is 60.8 Å². The smallest absolute Gasteiger partial charge is 0.242 e. The quantitative estimate of drug-likeness (QED) is 0.111. The van der Waals surface area contributed by atoms with Crippen molar-refractivity contribution in [2.75, 3.05) is 32.7 Å². The van der Waals surface area contributed by atoms with Gasteiger partial charge in [-0.15, -0.1) is 0 Å².